The standard InChI is InChI=1S/C25H26BN3O9/c1-2-28-10-11-29(23(33)22(28)32)25(36)27-20(14-6-8-17(30)9-7-14)19(31)13-16-12-15-4-3-5-18(24(34)35)21(15)38-26(16)37/h3-9,16,20,30,37H,2,10-13H2,1H3,(H,27,36)(H,34,35)/t16-,20?/m1/s1. The van der Waals surface area contributed by atoms with E-state index in [1.165, 1.54) is 41.3 Å². The topological polar surface area (TPSA) is 174 Å². The van der Waals surface area contributed by atoms with Crippen LogP contribution >= 0.6 is 0 Å². The van der Waals surface area contributed by atoms with Crippen molar-refractivity contribution in [3.05, 3.63) is 59.2 Å². The molecule has 2 heterocycles. The summed E-state index contributed by atoms with van der Waals surface area (Å²) in [6, 6.07) is 7.86. The molecular formula is C25H26BN3O9. The molecule has 2 aliphatic rings. The van der Waals surface area contributed by atoms with Crippen LogP contribution in [0, 0.1) is 0 Å². The number of aromatic carboxylic acids is 1. The van der Waals surface area contributed by atoms with Gasteiger partial charge in [0.2, 0.25) is 0 Å². The number of imide groups is 1. The van der Waals surface area contributed by atoms with E-state index >= 15 is 0 Å². The van der Waals surface area contributed by atoms with Crippen LogP contribution in [-0.2, 0) is 20.8 Å². The Hall–Kier alpha value is -4.39. The van der Waals surface area contributed by atoms with Crippen molar-refractivity contribution in [2.45, 2.75) is 31.6 Å². The molecule has 2 atom stereocenters. The van der Waals surface area contributed by atoms with E-state index in [-0.39, 0.29) is 43.0 Å². The second-order valence-corrected chi connectivity index (χ2v) is 9.06. The van der Waals surface area contributed by atoms with Crippen molar-refractivity contribution in [2.24, 2.45) is 0 Å². The van der Waals surface area contributed by atoms with Crippen molar-refractivity contribution in [3.8, 4) is 11.5 Å². The highest BCUT2D eigenvalue weighted by Gasteiger charge is 2.41. The number of carboxylic acid groups (broad SMARTS) is 1. The molecule has 4 amide bonds. The summed E-state index contributed by atoms with van der Waals surface area (Å²) in [7, 11) is -1.48. The largest absolute Gasteiger partial charge is 0.535 e. The second-order valence-electron chi connectivity index (χ2n) is 9.06. The maximum absolute atomic E-state index is 13.5. The summed E-state index contributed by atoms with van der Waals surface area (Å²) in [5.74, 6) is -4.35. The Bertz CT molecular complexity index is 1280. The lowest BCUT2D eigenvalue weighted by Crippen LogP contribution is -2.58. The zero-order valence-electron chi connectivity index (χ0n) is 20.5. The Labute approximate surface area is 217 Å². The maximum atomic E-state index is 13.5. The highest BCUT2D eigenvalue weighted by atomic mass is 16.5. The lowest BCUT2D eigenvalue weighted by atomic mass is 9.64. The molecule has 1 saturated heterocycles. The van der Waals surface area contributed by atoms with E-state index in [1.54, 1.807) is 13.0 Å². The quantitative estimate of drug-likeness (QED) is 0.305. The molecule has 2 aliphatic heterocycles. The first-order valence-corrected chi connectivity index (χ1v) is 12.0. The van der Waals surface area contributed by atoms with Gasteiger partial charge in [0.05, 0.1) is 5.56 Å². The molecule has 2 aromatic carbocycles. The number of piperazine rings is 1. The fraction of sp³-hybridized carbons (Fsp3) is 0.320. The Kier molecular flexibility index (Phi) is 7.67. The molecule has 38 heavy (non-hydrogen) atoms. The Balaban J connectivity index is 1.54. The van der Waals surface area contributed by atoms with Gasteiger partial charge in [0.25, 0.3) is 0 Å². The van der Waals surface area contributed by atoms with E-state index in [2.05, 4.69) is 5.32 Å². The average Bonchev–Trinajstić information content (AvgIpc) is 2.89. The molecule has 0 saturated carbocycles. The molecule has 0 radical (unpaired) electrons. The van der Waals surface area contributed by atoms with Gasteiger partial charge in [0, 0.05) is 31.9 Å². The number of para-hydroxylation sites is 1. The lowest BCUT2D eigenvalue weighted by molar-refractivity contribution is -0.153. The minimum absolute atomic E-state index is 0.0361. The molecule has 4 N–H and O–H groups in total. The molecular weight excluding hydrogens is 497 g/mol. The molecule has 198 valence electrons. The van der Waals surface area contributed by atoms with Gasteiger partial charge < -0.3 is 30.1 Å². The summed E-state index contributed by atoms with van der Waals surface area (Å²) in [6.45, 7) is 2.15. The zero-order chi connectivity index (χ0) is 27.6. The van der Waals surface area contributed by atoms with Crippen molar-refractivity contribution in [1.82, 2.24) is 15.1 Å². The van der Waals surface area contributed by atoms with Crippen molar-refractivity contribution < 1.29 is 43.9 Å². The van der Waals surface area contributed by atoms with Crippen LogP contribution in [0.15, 0.2) is 42.5 Å². The van der Waals surface area contributed by atoms with E-state index in [0.717, 1.165) is 4.90 Å². The van der Waals surface area contributed by atoms with Crippen LogP contribution in [0.3, 0.4) is 0 Å². The lowest BCUT2D eigenvalue weighted by Gasteiger charge is -2.33. The summed E-state index contributed by atoms with van der Waals surface area (Å²) in [4.78, 5) is 64.8. The number of aromatic hydroxyl groups is 1. The Morgan fingerprint density at radius 3 is 2.47 bits per heavy atom. The molecule has 0 bridgehead atoms. The van der Waals surface area contributed by atoms with E-state index in [4.69, 9.17) is 4.65 Å². The number of hydrogen-bond acceptors (Lipinski definition) is 8. The molecule has 0 aromatic heterocycles. The normalized spacial score (nSPS) is 17.9. The highest BCUT2D eigenvalue weighted by Crippen LogP contribution is 2.37. The van der Waals surface area contributed by atoms with E-state index in [0.29, 0.717) is 17.7 Å². The van der Waals surface area contributed by atoms with E-state index in [1.807, 2.05) is 0 Å². The third-order valence-corrected chi connectivity index (χ3v) is 6.67. The van der Waals surface area contributed by atoms with Gasteiger partial charge in [-0.2, -0.15) is 0 Å². The number of Topliss-reactive ketones (excluding diaryl/α,β-unsaturated/α-hetero) is 1. The fourth-order valence-electron chi connectivity index (χ4n) is 4.59. The predicted octanol–water partition coefficient (Wildman–Crippen LogP) is 0.977. The molecule has 4 rings (SSSR count). The van der Waals surface area contributed by atoms with Gasteiger partial charge in [-0.1, -0.05) is 24.3 Å². The number of nitrogens with zero attached hydrogens (tertiary/aromatic N) is 2. The number of nitrogens with one attached hydrogen (secondary N) is 1. The average molecular weight is 523 g/mol. The second kappa shape index (κ2) is 10.9. The molecule has 1 unspecified atom stereocenters. The van der Waals surface area contributed by atoms with Crippen LogP contribution in [0.1, 0.15) is 40.9 Å². The van der Waals surface area contributed by atoms with Crippen LogP contribution in [-0.4, -0.2) is 81.4 Å². The van der Waals surface area contributed by atoms with Gasteiger partial charge >= 0.3 is 30.9 Å². The van der Waals surface area contributed by atoms with Gasteiger partial charge in [0.15, 0.2) is 5.78 Å². The number of ketones is 1. The number of fused-ring (bicyclic) bond motifs is 1. The monoisotopic (exact) mass is 523 g/mol. The van der Waals surface area contributed by atoms with E-state index < -0.39 is 48.6 Å². The number of benzene rings is 2. The van der Waals surface area contributed by atoms with Crippen molar-refractivity contribution in [1.29, 1.82) is 0 Å². The summed E-state index contributed by atoms with van der Waals surface area (Å²) < 4.78 is 5.47. The first kappa shape index (κ1) is 26.7. The van der Waals surface area contributed by atoms with Crippen LogP contribution in [0.4, 0.5) is 4.79 Å². The molecule has 1 fully saturated rings. The number of amides is 4. The minimum atomic E-state index is -1.48. The number of urea groups is 1. The first-order chi connectivity index (χ1) is 18.1. The van der Waals surface area contributed by atoms with Gasteiger partial charge in [-0.05, 0) is 42.7 Å². The van der Waals surface area contributed by atoms with Gasteiger partial charge in [0.1, 0.15) is 17.5 Å². The zero-order valence-corrected chi connectivity index (χ0v) is 20.5. The van der Waals surface area contributed by atoms with Gasteiger partial charge in [-0.3, -0.25) is 19.3 Å². The van der Waals surface area contributed by atoms with E-state index in [9.17, 15) is 39.2 Å². The summed E-state index contributed by atoms with van der Waals surface area (Å²) in [5, 5.41) is 32.1. The predicted molar refractivity (Wildman–Crippen MR) is 132 cm³/mol. The summed E-state index contributed by atoms with van der Waals surface area (Å²) in [6.07, 6.45) is -0.119. The number of phenols is 1. The highest BCUT2D eigenvalue weighted by molar-refractivity contribution is 6.47. The third-order valence-electron chi connectivity index (χ3n) is 6.67. The van der Waals surface area contributed by atoms with Gasteiger partial charge in [-0.25, -0.2) is 9.59 Å². The molecule has 12 nitrogen and oxygen atoms in total. The smallest absolute Gasteiger partial charge is 0.526 e. The Morgan fingerprint density at radius 2 is 1.82 bits per heavy atom. The number of carbonyl (C=O) groups is 5. The number of carboxylic acids is 1. The third kappa shape index (κ3) is 5.32. The van der Waals surface area contributed by atoms with Crippen molar-refractivity contribution in [3.63, 3.8) is 0 Å². The van der Waals surface area contributed by atoms with Crippen molar-refractivity contribution in [2.75, 3.05) is 19.6 Å². The molecule has 13 heteroatoms. The summed E-state index contributed by atoms with van der Waals surface area (Å²) in [5.41, 5.74) is 0.714. The number of rotatable bonds is 7. The summed E-state index contributed by atoms with van der Waals surface area (Å²) >= 11 is 0. The molecule has 0 spiro atoms. The van der Waals surface area contributed by atoms with Gasteiger partial charge in [-0.15, -0.1) is 0 Å². The first-order valence-electron chi connectivity index (χ1n) is 12.0. The fourth-order valence-corrected chi connectivity index (χ4v) is 4.59. The Morgan fingerprint density at radius 1 is 1.11 bits per heavy atom. The number of likely N-dealkylation sites (N-methyl/N-ethyl adjacent to an activating group) is 1. The molecule has 0 aliphatic carbocycles. The number of hydrogen-bond donors (Lipinski definition) is 4. The van der Waals surface area contributed by atoms with Crippen LogP contribution in [0.25, 0.3) is 0 Å². The number of carbonyl (C=O) groups excluding carboxylic acids is 4. The van der Waals surface area contributed by atoms with Crippen molar-refractivity contribution >= 4 is 36.7 Å². The SMILES string of the molecule is CCN1CCN(C(=O)NC(C(=O)C[C@H]2Cc3cccc(C(=O)O)c3OB2O)c2ccc(O)cc2)C(=O)C1=O. The minimum Gasteiger partial charge on any atom is -0.535 e. The maximum Gasteiger partial charge on any atom is 0.526 e. The molecule has 2 aromatic rings. The van der Waals surface area contributed by atoms with Crippen LogP contribution in [0.5, 0.6) is 11.5 Å². The van der Waals surface area contributed by atoms with Crippen LogP contribution in [0.2, 0.25) is 5.82 Å². The number of phenolic OH excluding ortho intramolecular Hbond substituents is 1. The van der Waals surface area contributed by atoms with Crippen LogP contribution < -0.4 is 9.97 Å².